The third-order valence-electron chi connectivity index (χ3n) is 4.54. The van der Waals surface area contributed by atoms with Crippen molar-refractivity contribution in [1.82, 2.24) is 19.4 Å². The molecule has 5 nitrogen and oxygen atoms in total. The van der Waals surface area contributed by atoms with Crippen molar-refractivity contribution < 1.29 is 4.79 Å². The number of para-hydroxylation sites is 2. The number of rotatable bonds is 2. The summed E-state index contributed by atoms with van der Waals surface area (Å²) in [7, 11) is 2.02. The maximum absolute atomic E-state index is 12.8. The topological polar surface area (TPSA) is 51.0 Å². The number of nitrogens with zero attached hydrogens (tertiary/aromatic N) is 4. The van der Waals surface area contributed by atoms with E-state index in [0.29, 0.717) is 5.56 Å². The van der Waals surface area contributed by atoms with E-state index in [1.165, 1.54) is 0 Å². The first-order chi connectivity index (χ1) is 11.3. The van der Waals surface area contributed by atoms with Gasteiger partial charge < -0.3 is 9.47 Å². The number of aromatic nitrogens is 3. The van der Waals surface area contributed by atoms with Crippen LogP contribution in [0.25, 0.3) is 11.0 Å². The summed E-state index contributed by atoms with van der Waals surface area (Å²) in [6, 6.07) is 11.7. The van der Waals surface area contributed by atoms with E-state index in [9.17, 15) is 4.79 Å². The molecule has 3 heterocycles. The van der Waals surface area contributed by atoms with Gasteiger partial charge in [-0.1, -0.05) is 12.1 Å². The molecule has 1 saturated heterocycles. The largest absolute Gasteiger partial charge is 0.329 e. The maximum Gasteiger partial charge on any atom is 0.256 e. The molecule has 0 bridgehead atoms. The second-order valence-electron chi connectivity index (χ2n) is 5.92. The Morgan fingerprint density at radius 3 is 2.87 bits per heavy atom. The normalized spacial score (nSPS) is 17.8. The Balaban J connectivity index is 1.72. The molecule has 5 heteroatoms. The van der Waals surface area contributed by atoms with Gasteiger partial charge in [-0.25, -0.2) is 4.98 Å². The van der Waals surface area contributed by atoms with E-state index in [2.05, 4.69) is 15.6 Å². The predicted octanol–water partition coefficient (Wildman–Crippen LogP) is 2.95. The summed E-state index contributed by atoms with van der Waals surface area (Å²) < 4.78 is 2.11. The van der Waals surface area contributed by atoms with E-state index in [0.717, 1.165) is 36.2 Å². The second kappa shape index (κ2) is 5.50. The molecule has 1 unspecified atom stereocenters. The predicted molar refractivity (Wildman–Crippen MR) is 88.0 cm³/mol. The van der Waals surface area contributed by atoms with Gasteiger partial charge >= 0.3 is 0 Å². The fourth-order valence-corrected chi connectivity index (χ4v) is 3.40. The lowest BCUT2D eigenvalue weighted by Gasteiger charge is -2.24. The van der Waals surface area contributed by atoms with E-state index in [1.54, 1.807) is 18.5 Å². The molecule has 1 aliphatic heterocycles. The number of benzene rings is 1. The average molecular weight is 306 g/mol. The first kappa shape index (κ1) is 13.9. The van der Waals surface area contributed by atoms with E-state index >= 15 is 0 Å². The van der Waals surface area contributed by atoms with Crippen molar-refractivity contribution in [3.8, 4) is 0 Å². The highest BCUT2D eigenvalue weighted by molar-refractivity contribution is 5.94. The first-order valence-electron chi connectivity index (χ1n) is 7.88. The summed E-state index contributed by atoms with van der Waals surface area (Å²) in [5.74, 6) is 0.994. The van der Waals surface area contributed by atoms with Crippen LogP contribution in [0.15, 0.2) is 48.8 Å². The Kier molecular flexibility index (Phi) is 3.33. The van der Waals surface area contributed by atoms with Crippen molar-refractivity contribution in [3.63, 3.8) is 0 Å². The number of carbonyl (C=O) groups excluding carboxylic acids is 1. The van der Waals surface area contributed by atoms with Gasteiger partial charge in [-0.05, 0) is 37.1 Å². The Morgan fingerprint density at radius 2 is 2.09 bits per heavy atom. The fourth-order valence-electron chi connectivity index (χ4n) is 3.40. The first-order valence-corrected chi connectivity index (χ1v) is 7.88. The molecule has 1 aliphatic rings. The van der Waals surface area contributed by atoms with Gasteiger partial charge in [0.1, 0.15) is 5.82 Å². The Bertz CT molecular complexity index is 856. The van der Waals surface area contributed by atoms with E-state index in [-0.39, 0.29) is 11.9 Å². The molecule has 0 saturated carbocycles. The van der Waals surface area contributed by atoms with E-state index in [1.807, 2.05) is 36.2 Å². The molecular formula is C18H18N4O. The molecule has 23 heavy (non-hydrogen) atoms. The lowest BCUT2D eigenvalue weighted by atomic mass is 10.2. The summed E-state index contributed by atoms with van der Waals surface area (Å²) in [5.41, 5.74) is 2.71. The van der Waals surface area contributed by atoms with Crippen LogP contribution in [0, 0.1) is 0 Å². The monoisotopic (exact) mass is 306 g/mol. The quantitative estimate of drug-likeness (QED) is 0.731. The summed E-state index contributed by atoms with van der Waals surface area (Å²) in [5, 5.41) is 0. The molecule has 0 spiro atoms. The Labute approximate surface area is 134 Å². The molecule has 0 aliphatic carbocycles. The van der Waals surface area contributed by atoms with Crippen LogP contribution in [0.5, 0.6) is 0 Å². The van der Waals surface area contributed by atoms with Gasteiger partial charge in [-0.3, -0.25) is 9.78 Å². The minimum atomic E-state index is 0.0279. The number of imidazole rings is 1. The summed E-state index contributed by atoms with van der Waals surface area (Å²) >= 11 is 0. The maximum atomic E-state index is 12.8. The number of hydrogen-bond donors (Lipinski definition) is 0. The number of fused-ring (bicyclic) bond motifs is 1. The van der Waals surface area contributed by atoms with Crippen molar-refractivity contribution >= 4 is 16.9 Å². The van der Waals surface area contributed by atoms with Gasteiger partial charge in [0.05, 0.1) is 22.6 Å². The van der Waals surface area contributed by atoms with Crippen molar-refractivity contribution in [1.29, 1.82) is 0 Å². The highest BCUT2D eigenvalue weighted by Gasteiger charge is 2.33. The number of pyridine rings is 1. The molecule has 3 aromatic rings. The van der Waals surface area contributed by atoms with Crippen LogP contribution in [-0.2, 0) is 7.05 Å². The van der Waals surface area contributed by atoms with Gasteiger partial charge in [0.25, 0.3) is 5.91 Å². The smallest absolute Gasteiger partial charge is 0.256 e. The van der Waals surface area contributed by atoms with Crippen LogP contribution < -0.4 is 0 Å². The van der Waals surface area contributed by atoms with Crippen LogP contribution in [0.2, 0.25) is 0 Å². The standard InChI is InChI=1S/C18H18N4O/c1-21-15-8-3-2-7-14(15)20-17(21)16-9-5-11-22(16)18(23)13-6-4-10-19-12-13/h2-4,6-8,10,12,16H,5,9,11H2,1H3. The Hall–Kier alpha value is -2.69. The lowest BCUT2D eigenvalue weighted by molar-refractivity contribution is 0.0728. The highest BCUT2D eigenvalue weighted by atomic mass is 16.2. The number of likely N-dealkylation sites (tertiary alicyclic amines) is 1. The van der Waals surface area contributed by atoms with Crippen LogP contribution in [-0.4, -0.2) is 31.9 Å². The summed E-state index contributed by atoms with van der Waals surface area (Å²) in [6.07, 6.45) is 5.26. The third kappa shape index (κ3) is 2.29. The van der Waals surface area contributed by atoms with Gasteiger partial charge in [-0.2, -0.15) is 0 Å². The summed E-state index contributed by atoms with van der Waals surface area (Å²) in [6.45, 7) is 0.765. The molecule has 1 aromatic carbocycles. The molecule has 1 atom stereocenters. The zero-order valence-electron chi connectivity index (χ0n) is 13.0. The van der Waals surface area contributed by atoms with Crippen molar-refractivity contribution in [2.24, 2.45) is 7.05 Å². The van der Waals surface area contributed by atoms with Crippen molar-refractivity contribution in [3.05, 3.63) is 60.2 Å². The van der Waals surface area contributed by atoms with Crippen LogP contribution >= 0.6 is 0 Å². The molecule has 1 fully saturated rings. The van der Waals surface area contributed by atoms with Crippen molar-refractivity contribution in [2.75, 3.05) is 6.54 Å². The molecule has 116 valence electrons. The van der Waals surface area contributed by atoms with Crippen LogP contribution in [0.3, 0.4) is 0 Å². The molecule has 2 aromatic heterocycles. The molecule has 0 N–H and O–H groups in total. The molecule has 1 amide bonds. The summed E-state index contributed by atoms with van der Waals surface area (Å²) in [4.78, 5) is 23.6. The van der Waals surface area contributed by atoms with Gasteiger partial charge in [0.15, 0.2) is 0 Å². The van der Waals surface area contributed by atoms with E-state index in [4.69, 9.17) is 4.98 Å². The SMILES string of the molecule is Cn1c(C2CCCN2C(=O)c2cccnc2)nc2ccccc21. The third-order valence-corrected chi connectivity index (χ3v) is 4.54. The number of amides is 1. The lowest BCUT2D eigenvalue weighted by Crippen LogP contribution is -2.31. The van der Waals surface area contributed by atoms with Crippen LogP contribution in [0.4, 0.5) is 0 Å². The minimum Gasteiger partial charge on any atom is -0.329 e. The average Bonchev–Trinajstić information content (AvgIpc) is 3.20. The van der Waals surface area contributed by atoms with E-state index < -0.39 is 0 Å². The Morgan fingerprint density at radius 1 is 1.22 bits per heavy atom. The fraction of sp³-hybridized carbons (Fsp3) is 0.278. The number of aryl methyl sites for hydroxylation is 1. The van der Waals surface area contributed by atoms with Gasteiger partial charge in [0.2, 0.25) is 0 Å². The van der Waals surface area contributed by atoms with Crippen LogP contribution in [0.1, 0.15) is 35.1 Å². The van der Waals surface area contributed by atoms with Gasteiger partial charge in [-0.15, -0.1) is 0 Å². The zero-order valence-corrected chi connectivity index (χ0v) is 13.0. The highest BCUT2D eigenvalue weighted by Crippen LogP contribution is 2.33. The molecule has 4 rings (SSSR count). The number of hydrogen-bond acceptors (Lipinski definition) is 3. The number of carbonyl (C=O) groups is 1. The van der Waals surface area contributed by atoms with Crippen molar-refractivity contribution in [2.45, 2.75) is 18.9 Å². The second-order valence-corrected chi connectivity index (χ2v) is 5.92. The van der Waals surface area contributed by atoms with Gasteiger partial charge in [0, 0.05) is 26.0 Å². The molecular weight excluding hydrogens is 288 g/mol. The zero-order chi connectivity index (χ0) is 15.8. The molecule has 0 radical (unpaired) electrons. The minimum absolute atomic E-state index is 0.0279.